The van der Waals surface area contributed by atoms with Crippen LogP contribution in [0.5, 0.6) is 0 Å². The predicted octanol–water partition coefficient (Wildman–Crippen LogP) is 5.50. The number of hydrogen-bond acceptors (Lipinski definition) is 3. The Morgan fingerprint density at radius 3 is 2.04 bits per heavy atom. The minimum absolute atomic E-state index is 0.0384. The molecular formula is C24H27FO3. The quantitative estimate of drug-likeness (QED) is 0.520. The molecule has 2 aromatic rings. The van der Waals surface area contributed by atoms with Gasteiger partial charge in [-0.3, -0.25) is 4.79 Å². The number of ketones is 1. The molecule has 0 heterocycles. The smallest absolute Gasteiger partial charge is 0.337 e. The number of fused-ring (bicyclic) bond motifs is 1. The van der Waals surface area contributed by atoms with Crippen molar-refractivity contribution in [1.82, 2.24) is 0 Å². The number of rotatable bonds is 3. The lowest BCUT2D eigenvalue weighted by Crippen LogP contribution is -2.34. The van der Waals surface area contributed by atoms with Crippen LogP contribution in [0.1, 0.15) is 83.5 Å². The molecule has 0 spiro atoms. The Labute approximate surface area is 165 Å². The largest absolute Gasteiger partial charge is 0.465 e. The maximum absolute atomic E-state index is 14.6. The standard InChI is InChI=1S/C24H27FO3/c1-14-11-18-19(24(4,5)10-9-23(18,2)3)13-17(14)21(26)16-8-7-15(12-20(16)25)22(27)28-6/h7-8,11-13H,9-10H2,1-6H3. The normalized spacial score (nSPS) is 17.0. The van der Waals surface area contributed by atoms with Crippen molar-refractivity contribution in [2.75, 3.05) is 7.11 Å². The molecule has 0 fully saturated rings. The van der Waals surface area contributed by atoms with Crippen molar-refractivity contribution in [2.45, 2.75) is 58.3 Å². The number of carbonyl (C=O) groups excluding carboxylic acids is 2. The molecule has 1 aliphatic rings. The highest BCUT2D eigenvalue weighted by molar-refractivity contribution is 6.10. The van der Waals surface area contributed by atoms with Gasteiger partial charge in [0.25, 0.3) is 0 Å². The summed E-state index contributed by atoms with van der Waals surface area (Å²) < 4.78 is 19.2. The Hall–Kier alpha value is -2.49. The second-order valence-corrected chi connectivity index (χ2v) is 9.00. The number of aryl methyl sites for hydroxylation is 1. The summed E-state index contributed by atoms with van der Waals surface area (Å²) in [6.45, 7) is 10.7. The molecule has 0 N–H and O–H groups in total. The van der Waals surface area contributed by atoms with Crippen LogP contribution in [0.4, 0.5) is 4.39 Å². The molecule has 0 bridgehead atoms. The van der Waals surface area contributed by atoms with E-state index < -0.39 is 11.8 Å². The Bertz CT molecular complexity index is 970. The third-order valence-electron chi connectivity index (χ3n) is 6.08. The van der Waals surface area contributed by atoms with Crippen LogP contribution in [0, 0.1) is 12.7 Å². The number of methoxy groups -OCH3 is 1. The zero-order chi connectivity index (χ0) is 20.9. The lowest BCUT2D eigenvalue weighted by molar-refractivity contribution is 0.0599. The molecule has 3 rings (SSSR count). The molecule has 1 aliphatic carbocycles. The summed E-state index contributed by atoms with van der Waals surface area (Å²) in [4.78, 5) is 24.7. The number of carbonyl (C=O) groups is 2. The fourth-order valence-corrected chi connectivity index (χ4v) is 4.06. The topological polar surface area (TPSA) is 43.4 Å². The summed E-state index contributed by atoms with van der Waals surface area (Å²) in [6, 6.07) is 7.87. The van der Waals surface area contributed by atoms with Gasteiger partial charge in [0.05, 0.1) is 18.2 Å². The van der Waals surface area contributed by atoms with Gasteiger partial charge < -0.3 is 4.74 Å². The van der Waals surface area contributed by atoms with Gasteiger partial charge in [0, 0.05) is 5.56 Å². The zero-order valence-electron chi connectivity index (χ0n) is 17.4. The monoisotopic (exact) mass is 382 g/mol. The molecule has 0 unspecified atom stereocenters. The molecular weight excluding hydrogens is 355 g/mol. The van der Waals surface area contributed by atoms with Crippen LogP contribution in [0.3, 0.4) is 0 Å². The number of hydrogen-bond donors (Lipinski definition) is 0. The van der Waals surface area contributed by atoms with Crippen molar-refractivity contribution in [3.05, 3.63) is 69.5 Å². The van der Waals surface area contributed by atoms with E-state index in [-0.39, 0.29) is 27.7 Å². The Morgan fingerprint density at radius 1 is 0.929 bits per heavy atom. The second-order valence-electron chi connectivity index (χ2n) is 9.00. The van der Waals surface area contributed by atoms with Crippen molar-refractivity contribution in [2.24, 2.45) is 0 Å². The fraction of sp³-hybridized carbons (Fsp3) is 0.417. The van der Waals surface area contributed by atoms with Gasteiger partial charge in [0.2, 0.25) is 0 Å². The highest BCUT2D eigenvalue weighted by Crippen LogP contribution is 2.46. The first-order valence-corrected chi connectivity index (χ1v) is 9.56. The third-order valence-corrected chi connectivity index (χ3v) is 6.08. The lowest BCUT2D eigenvalue weighted by Gasteiger charge is -2.42. The van der Waals surface area contributed by atoms with E-state index in [0.717, 1.165) is 30.0 Å². The minimum atomic E-state index is -0.718. The first kappa shape index (κ1) is 20.2. The summed E-state index contributed by atoms with van der Waals surface area (Å²) >= 11 is 0. The van der Waals surface area contributed by atoms with Crippen LogP contribution in [-0.2, 0) is 15.6 Å². The predicted molar refractivity (Wildman–Crippen MR) is 108 cm³/mol. The SMILES string of the molecule is COC(=O)c1ccc(C(=O)c2cc3c(cc2C)C(C)(C)CCC3(C)C)c(F)c1. The molecule has 0 amide bonds. The van der Waals surface area contributed by atoms with Gasteiger partial charge in [0.1, 0.15) is 5.82 Å². The lowest BCUT2D eigenvalue weighted by atomic mass is 9.62. The fourth-order valence-electron chi connectivity index (χ4n) is 4.06. The van der Waals surface area contributed by atoms with Gasteiger partial charge >= 0.3 is 5.97 Å². The van der Waals surface area contributed by atoms with E-state index in [1.165, 1.54) is 24.8 Å². The summed E-state index contributed by atoms with van der Waals surface area (Å²) in [5, 5.41) is 0. The van der Waals surface area contributed by atoms with Gasteiger partial charge in [-0.05, 0) is 71.6 Å². The van der Waals surface area contributed by atoms with Crippen LogP contribution >= 0.6 is 0 Å². The second kappa shape index (κ2) is 6.84. The van der Waals surface area contributed by atoms with Crippen LogP contribution in [-0.4, -0.2) is 18.9 Å². The van der Waals surface area contributed by atoms with E-state index in [0.29, 0.717) is 5.56 Å². The summed E-state index contributed by atoms with van der Waals surface area (Å²) in [7, 11) is 1.24. The van der Waals surface area contributed by atoms with E-state index in [9.17, 15) is 14.0 Å². The molecule has 2 aromatic carbocycles. The van der Waals surface area contributed by atoms with Crippen molar-refractivity contribution in [1.29, 1.82) is 0 Å². The first-order chi connectivity index (χ1) is 13.0. The van der Waals surface area contributed by atoms with Crippen LogP contribution in [0.25, 0.3) is 0 Å². The highest BCUT2D eigenvalue weighted by Gasteiger charge is 2.38. The van der Waals surface area contributed by atoms with Crippen LogP contribution in [0.15, 0.2) is 30.3 Å². The summed E-state index contributed by atoms with van der Waals surface area (Å²) in [6.07, 6.45) is 2.12. The molecule has 148 valence electrons. The summed E-state index contributed by atoms with van der Waals surface area (Å²) in [5.41, 5.74) is 3.82. The van der Waals surface area contributed by atoms with Gasteiger partial charge in [-0.1, -0.05) is 33.8 Å². The average molecular weight is 382 g/mol. The van der Waals surface area contributed by atoms with Crippen molar-refractivity contribution < 1.29 is 18.7 Å². The average Bonchev–Trinajstić information content (AvgIpc) is 2.64. The molecule has 4 heteroatoms. The first-order valence-electron chi connectivity index (χ1n) is 9.56. The van der Waals surface area contributed by atoms with Crippen molar-refractivity contribution >= 4 is 11.8 Å². The van der Waals surface area contributed by atoms with Crippen molar-refractivity contribution in [3.8, 4) is 0 Å². The van der Waals surface area contributed by atoms with Gasteiger partial charge in [-0.2, -0.15) is 0 Å². The maximum atomic E-state index is 14.6. The van der Waals surface area contributed by atoms with E-state index in [4.69, 9.17) is 0 Å². The van der Waals surface area contributed by atoms with Gasteiger partial charge in [0.15, 0.2) is 5.78 Å². The molecule has 0 radical (unpaired) electrons. The Kier molecular flexibility index (Phi) is 4.95. The third kappa shape index (κ3) is 3.36. The van der Waals surface area contributed by atoms with E-state index in [2.05, 4.69) is 38.5 Å². The zero-order valence-corrected chi connectivity index (χ0v) is 17.4. The maximum Gasteiger partial charge on any atom is 0.337 e. The molecule has 3 nitrogen and oxygen atoms in total. The van der Waals surface area contributed by atoms with Crippen LogP contribution in [0.2, 0.25) is 0 Å². The number of esters is 1. The van der Waals surface area contributed by atoms with Gasteiger partial charge in [-0.25, -0.2) is 9.18 Å². The number of halogens is 1. The Balaban J connectivity index is 2.10. The van der Waals surface area contributed by atoms with E-state index in [1.54, 1.807) is 0 Å². The molecule has 28 heavy (non-hydrogen) atoms. The van der Waals surface area contributed by atoms with E-state index in [1.807, 2.05) is 13.0 Å². The number of ether oxygens (including phenoxy) is 1. The molecule has 0 saturated carbocycles. The molecule has 0 atom stereocenters. The van der Waals surface area contributed by atoms with Crippen molar-refractivity contribution in [3.63, 3.8) is 0 Å². The van der Waals surface area contributed by atoms with E-state index >= 15 is 0 Å². The van der Waals surface area contributed by atoms with Gasteiger partial charge in [-0.15, -0.1) is 0 Å². The number of benzene rings is 2. The van der Waals surface area contributed by atoms with Crippen LogP contribution < -0.4 is 0 Å². The molecule has 0 saturated heterocycles. The molecule has 0 aliphatic heterocycles. The Morgan fingerprint density at radius 2 is 1.50 bits per heavy atom. The minimum Gasteiger partial charge on any atom is -0.465 e. The molecule has 0 aromatic heterocycles. The summed E-state index contributed by atoms with van der Waals surface area (Å²) in [5.74, 6) is -1.72. The highest BCUT2D eigenvalue weighted by atomic mass is 19.1.